The summed E-state index contributed by atoms with van der Waals surface area (Å²) in [5.74, 6) is 0. The zero-order valence-corrected chi connectivity index (χ0v) is 14.7. The fraction of sp³-hybridized carbons (Fsp3) is 0. The van der Waals surface area contributed by atoms with Crippen molar-refractivity contribution in [3.8, 4) is 0 Å². The van der Waals surface area contributed by atoms with Gasteiger partial charge < -0.3 is 0 Å². The molecule has 128 valence electrons. The average Bonchev–Trinajstić information content (AvgIpc) is 3.24. The molecule has 0 aliphatic rings. The summed E-state index contributed by atoms with van der Waals surface area (Å²) in [6.45, 7) is 0. The molecule has 0 radical (unpaired) electrons. The Morgan fingerprint density at radius 1 is 0.393 bits per heavy atom. The van der Waals surface area contributed by atoms with Crippen molar-refractivity contribution >= 4 is 64.6 Å². The van der Waals surface area contributed by atoms with E-state index in [9.17, 15) is 9.59 Å². The van der Waals surface area contributed by atoms with Crippen LogP contribution in [0, 0.1) is 0 Å². The third-order valence-electron chi connectivity index (χ3n) is 6.30. The van der Waals surface area contributed by atoms with Crippen LogP contribution in [0.15, 0.2) is 82.4 Å². The van der Waals surface area contributed by atoms with Gasteiger partial charge in [-0.25, -0.2) is 0 Å². The normalized spacial score (nSPS) is 12.6. The first-order valence-electron chi connectivity index (χ1n) is 9.38. The smallest absolute Gasteiger partial charge is 0.234 e. The molecule has 0 saturated heterocycles. The van der Waals surface area contributed by atoms with Crippen LogP contribution in [0.5, 0.6) is 0 Å². The van der Waals surface area contributed by atoms with Gasteiger partial charge in [-0.1, -0.05) is 66.7 Å². The zero-order chi connectivity index (χ0) is 18.6. The van der Waals surface area contributed by atoms with Crippen molar-refractivity contribution in [3.63, 3.8) is 0 Å². The predicted molar refractivity (Wildman–Crippen MR) is 118 cm³/mol. The third-order valence-corrected chi connectivity index (χ3v) is 6.30. The molecule has 0 unspecified atom stereocenters. The highest BCUT2D eigenvalue weighted by Crippen LogP contribution is 2.48. The van der Waals surface area contributed by atoms with Crippen molar-refractivity contribution in [1.29, 1.82) is 0 Å². The van der Waals surface area contributed by atoms with Crippen molar-refractivity contribution in [2.45, 2.75) is 0 Å². The van der Waals surface area contributed by atoms with Crippen LogP contribution in [0.25, 0.3) is 64.6 Å². The van der Waals surface area contributed by atoms with Crippen molar-refractivity contribution in [2.24, 2.45) is 0 Å². The Hall–Kier alpha value is -3.78. The molecule has 2 nitrogen and oxygen atoms in total. The van der Waals surface area contributed by atoms with E-state index in [1.165, 1.54) is 6.07 Å². The number of fused-ring (bicyclic) bond motifs is 8. The summed E-state index contributed by atoms with van der Waals surface area (Å²) in [6.07, 6.45) is 0. The Balaban J connectivity index is 2.07. The molecule has 7 aromatic rings. The second-order valence-corrected chi connectivity index (χ2v) is 7.57. The van der Waals surface area contributed by atoms with Gasteiger partial charge in [-0.2, -0.15) is 0 Å². The molecule has 0 aliphatic carbocycles. The van der Waals surface area contributed by atoms with E-state index < -0.39 is 10.9 Å². The van der Waals surface area contributed by atoms with Gasteiger partial charge in [0, 0.05) is 16.2 Å². The maximum Gasteiger partial charge on any atom is 0.234 e. The molecule has 0 saturated carbocycles. The topological polar surface area (TPSA) is 34.1 Å². The Morgan fingerprint density at radius 2 is 0.857 bits per heavy atom. The van der Waals surface area contributed by atoms with E-state index in [4.69, 9.17) is 0 Å². The number of rotatable bonds is 0. The Labute approximate surface area is 158 Å². The molecule has 0 heterocycles. The van der Waals surface area contributed by atoms with Gasteiger partial charge in [0.25, 0.3) is 0 Å². The van der Waals surface area contributed by atoms with Gasteiger partial charge in [-0.15, -0.1) is 0 Å². The largest absolute Gasteiger partial charge is 0.286 e. The predicted octanol–water partition coefficient (Wildman–Crippen LogP) is 5.64. The lowest BCUT2D eigenvalue weighted by molar-refractivity contribution is 1.59. The first-order chi connectivity index (χ1) is 13.8. The van der Waals surface area contributed by atoms with Gasteiger partial charge >= 0.3 is 0 Å². The van der Waals surface area contributed by atoms with E-state index in [0.29, 0.717) is 5.39 Å². The molecule has 0 bridgehead atoms. The van der Waals surface area contributed by atoms with Crippen LogP contribution in [-0.4, -0.2) is 0 Å². The first-order valence-corrected chi connectivity index (χ1v) is 9.38. The van der Waals surface area contributed by atoms with E-state index in [0.717, 1.165) is 59.2 Å². The second kappa shape index (κ2) is 4.55. The number of benzene rings is 5. The molecule has 0 fully saturated rings. The van der Waals surface area contributed by atoms with Crippen LogP contribution >= 0.6 is 0 Å². The Bertz CT molecular complexity index is 1850. The second-order valence-electron chi connectivity index (χ2n) is 7.57. The number of hydrogen-bond donors (Lipinski definition) is 0. The lowest BCUT2D eigenvalue weighted by atomic mass is 9.95. The van der Waals surface area contributed by atoms with E-state index in [-0.39, 0.29) is 0 Å². The summed E-state index contributed by atoms with van der Waals surface area (Å²) in [5, 5.41) is 12.1. The first kappa shape index (κ1) is 14.3. The summed E-state index contributed by atoms with van der Waals surface area (Å²) in [4.78, 5) is 25.8. The molecule has 0 aliphatic heterocycles. The van der Waals surface area contributed by atoms with E-state index in [1.54, 1.807) is 0 Å². The lowest BCUT2D eigenvalue weighted by Crippen LogP contribution is -2.22. The van der Waals surface area contributed by atoms with Crippen LogP contribution in [0.2, 0.25) is 0 Å². The van der Waals surface area contributed by atoms with Crippen LogP contribution in [0.4, 0.5) is 0 Å². The maximum absolute atomic E-state index is 13.2. The molecule has 0 N–H and O–H groups in total. The summed E-state index contributed by atoms with van der Waals surface area (Å²) in [5.41, 5.74) is -0.821. The molecule has 0 aromatic heterocycles. The lowest BCUT2D eigenvalue weighted by Gasteiger charge is -2.06. The van der Waals surface area contributed by atoms with Gasteiger partial charge in [0.05, 0.1) is 0 Å². The molecular formula is C26H12O2. The highest BCUT2D eigenvalue weighted by atomic mass is 16.2. The van der Waals surface area contributed by atoms with Gasteiger partial charge in [0.15, 0.2) is 0 Å². The molecule has 7 rings (SSSR count). The fourth-order valence-corrected chi connectivity index (χ4v) is 5.29. The molecular weight excluding hydrogens is 344 g/mol. The van der Waals surface area contributed by atoms with Crippen molar-refractivity contribution in [3.05, 3.63) is 93.2 Å². The zero-order valence-electron chi connectivity index (χ0n) is 14.7. The Kier molecular flexibility index (Phi) is 2.32. The van der Waals surface area contributed by atoms with Crippen LogP contribution in [0.1, 0.15) is 0 Å². The van der Waals surface area contributed by atoms with Crippen LogP contribution in [0.3, 0.4) is 0 Å². The highest BCUT2D eigenvalue weighted by Gasteiger charge is 2.23. The minimum Gasteiger partial charge on any atom is -0.286 e. The molecule has 7 aromatic carbocycles. The van der Waals surface area contributed by atoms with E-state index in [2.05, 4.69) is 36.4 Å². The third kappa shape index (κ3) is 1.41. The van der Waals surface area contributed by atoms with Crippen molar-refractivity contribution in [1.82, 2.24) is 0 Å². The molecule has 28 heavy (non-hydrogen) atoms. The minimum atomic E-state index is -0.428. The van der Waals surface area contributed by atoms with Gasteiger partial charge in [-0.3, -0.25) is 9.59 Å². The quantitative estimate of drug-likeness (QED) is 0.260. The molecule has 0 amide bonds. The number of hydrogen-bond acceptors (Lipinski definition) is 2. The molecule has 2 heteroatoms. The van der Waals surface area contributed by atoms with E-state index in [1.807, 2.05) is 30.3 Å². The fourth-order valence-electron chi connectivity index (χ4n) is 5.29. The summed E-state index contributed by atoms with van der Waals surface area (Å²) < 4.78 is 0. The Morgan fingerprint density at radius 3 is 1.54 bits per heavy atom. The van der Waals surface area contributed by atoms with Crippen LogP contribution in [-0.2, 0) is 0 Å². The van der Waals surface area contributed by atoms with Gasteiger partial charge in [0.2, 0.25) is 10.9 Å². The summed E-state index contributed by atoms with van der Waals surface area (Å²) in [6, 6.07) is 24.2. The average molecular weight is 356 g/mol. The van der Waals surface area contributed by atoms with E-state index >= 15 is 0 Å². The standard InChI is InChI=1S/C26H12O2/c27-20-12-19-14-7-2-3-8-15(14)22-18-11-5-10-16-13-6-1-4-9-17(13)23(21(16)18)25(24(19)22)26(20)28/h1-12H. The van der Waals surface area contributed by atoms with Crippen molar-refractivity contribution in [2.75, 3.05) is 0 Å². The molecule has 0 spiro atoms. The SMILES string of the molecule is O=c1cc2c3ccccc3c3c4cccc5c6ccccc6c(c(c1=O)c23)c54. The minimum absolute atomic E-state index is 0.392. The highest BCUT2D eigenvalue weighted by molar-refractivity contribution is 6.47. The van der Waals surface area contributed by atoms with Gasteiger partial charge in [-0.05, 0) is 54.5 Å². The summed E-state index contributed by atoms with van der Waals surface area (Å²) >= 11 is 0. The van der Waals surface area contributed by atoms with Crippen LogP contribution < -0.4 is 10.9 Å². The molecule has 0 atom stereocenters. The maximum atomic E-state index is 13.2. The van der Waals surface area contributed by atoms with Crippen molar-refractivity contribution < 1.29 is 0 Å². The van der Waals surface area contributed by atoms with Gasteiger partial charge in [0.1, 0.15) is 0 Å². The summed E-state index contributed by atoms with van der Waals surface area (Å²) in [7, 11) is 0. The monoisotopic (exact) mass is 356 g/mol.